The number of aryl methyl sites for hydroxylation is 2. The van der Waals surface area contributed by atoms with Crippen LogP contribution in [0.25, 0.3) is 0 Å². The minimum Gasteiger partial charge on any atom is -0.349 e. The summed E-state index contributed by atoms with van der Waals surface area (Å²) in [6, 6.07) is 4.68. The quantitative estimate of drug-likeness (QED) is 0.828. The van der Waals surface area contributed by atoms with E-state index in [-0.39, 0.29) is 11.9 Å². The number of hydrogen-bond acceptors (Lipinski definition) is 1. The molecule has 2 nitrogen and oxygen atoms in total. The number of hydrogen-bond donors (Lipinski definition) is 1. The van der Waals surface area contributed by atoms with Gasteiger partial charge in [0.1, 0.15) is 0 Å². The van der Waals surface area contributed by atoms with Crippen LogP contribution in [0.5, 0.6) is 0 Å². The fourth-order valence-corrected chi connectivity index (χ4v) is 2.54. The summed E-state index contributed by atoms with van der Waals surface area (Å²) >= 11 is 0. The zero-order valence-electron chi connectivity index (χ0n) is 10.3. The molecule has 0 spiro atoms. The molecule has 0 fully saturated rings. The standard InChI is InChI=1S/C14H19NO/c1-4-5-13(16)15-12-8-11-7-9(2)6-10(3)14(11)12/h6-7,12H,4-5,8H2,1-3H3,(H,15,16)/t12-/m0/s1. The van der Waals surface area contributed by atoms with Gasteiger partial charge in [-0.25, -0.2) is 0 Å². The molecule has 1 N–H and O–H groups in total. The molecule has 1 aliphatic rings. The Labute approximate surface area is 97.1 Å². The molecule has 0 saturated heterocycles. The number of amides is 1. The molecule has 1 atom stereocenters. The van der Waals surface area contributed by atoms with Gasteiger partial charge in [0.15, 0.2) is 0 Å². The topological polar surface area (TPSA) is 29.1 Å². The van der Waals surface area contributed by atoms with Crippen molar-refractivity contribution in [1.82, 2.24) is 5.32 Å². The molecule has 1 aliphatic carbocycles. The van der Waals surface area contributed by atoms with E-state index in [0.29, 0.717) is 6.42 Å². The fourth-order valence-electron chi connectivity index (χ4n) is 2.54. The van der Waals surface area contributed by atoms with Crippen molar-refractivity contribution in [1.29, 1.82) is 0 Å². The molecule has 1 aromatic carbocycles. The van der Waals surface area contributed by atoms with Crippen molar-refractivity contribution in [3.63, 3.8) is 0 Å². The maximum atomic E-state index is 11.5. The number of fused-ring (bicyclic) bond motifs is 1. The Bertz CT molecular complexity index is 406. The average molecular weight is 217 g/mol. The first kappa shape index (κ1) is 11.2. The summed E-state index contributed by atoms with van der Waals surface area (Å²) in [6.45, 7) is 6.28. The lowest BCUT2D eigenvalue weighted by molar-refractivity contribution is -0.122. The largest absolute Gasteiger partial charge is 0.349 e. The Morgan fingerprint density at radius 1 is 1.44 bits per heavy atom. The maximum Gasteiger partial charge on any atom is 0.220 e. The SMILES string of the molecule is CCCC(=O)N[C@H]1Cc2cc(C)cc(C)c21. The van der Waals surface area contributed by atoms with E-state index < -0.39 is 0 Å². The summed E-state index contributed by atoms with van der Waals surface area (Å²) in [4.78, 5) is 11.5. The Morgan fingerprint density at radius 2 is 2.19 bits per heavy atom. The van der Waals surface area contributed by atoms with Crippen LogP contribution in [0, 0.1) is 13.8 Å². The second-order valence-electron chi connectivity index (χ2n) is 4.73. The monoisotopic (exact) mass is 217 g/mol. The van der Waals surface area contributed by atoms with Gasteiger partial charge in [0, 0.05) is 6.42 Å². The van der Waals surface area contributed by atoms with E-state index in [4.69, 9.17) is 0 Å². The van der Waals surface area contributed by atoms with Gasteiger partial charge in [-0.3, -0.25) is 4.79 Å². The van der Waals surface area contributed by atoms with Crippen LogP contribution in [0.3, 0.4) is 0 Å². The van der Waals surface area contributed by atoms with Gasteiger partial charge in [0.25, 0.3) is 0 Å². The van der Waals surface area contributed by atoms with E-state index in [2.05, 4.69) is 31.3 Å². The molecule has 0 heterocycles. The molecule has 2 rings (SSSR count). The molecule has 0 aliphatic heterocycles. The smallest absolute Gasteiger partial charge is 0.220 e. The zero-order chi connectivity index (χ0) is 11.7. The van der Waals surface area contributed by atoms with Gasteiger partial charge in [-0.05, 0) is 43.4 Å². The summed E-state index contributed by atoms with van der Waals surface area (Å²) in [5.41, 5.74) is 5.37. The molecule has 0 bridgehead atoms. The molecule has 1 amide bonds. The molecule has 0 unspecified atom stereocenters. The van der Waals surface area contributed by atoms with Crippen LogP contribution < -0.4 is 5.32 Å². The molecular weight excluding hydrogens is 198 g/mol. The molecule has 1 aromatic rings. The van der Waals surface area contributed by atoms with Crippen LogP contribution in [-0.2, 0) is 11.2 Å². The first-order chi connectivity index (χ1) is 7.61. The van der Waals surface area contributed by atoms with Gasteiger partial charge < -0.3 is 5.32 Å². The molecule has 16 heavy (non-hydrogen) atoms. The predicted molar refractivity (Wildman–Crippen MR) is 65.4 cm³/mol. The molecule has 0 saturated carbocycles. The number of carbonyl (C=O) groups is 1. The highest BCUT2D eigenvalue weighted by molar-refractivity contribution is 5.77. The Morgan fingerprint density at radius 3 is 2.81 bits per heavy atom. The third-order valence-corrected chi connectivity index (χ3v) is 3.20. The van der Waals surface area contributed by atoms with Gasteiger partial charge in [-0.15, -0.1) is 0 Å². The van der Waals surface area contributed by atoms with Crippen molar-refractivity contribution in [3.05, 3.63) is 34.4 Å². The van der Waals surface area contributed by atoms with E-state index in [0.717, 1.165) is 12.8 Å². The normalized spacial score (nSPS) is 17.6. The van der Waals surface area contributed by atoms with Crippen molar-refractivity contribution in [2.45, 2.75) is 46.1 Å². The van der Waals surface area contributed by atoms with Crippen LogP contribution in [0.15, 0.2) is 12.1 Å². The van der Waals surface area contributed by atoms with Gasteiger partial charge in [-0.2, -0.15) is 0 Å². The van der Waals surface area contributed by atoms with Crippen molar-refractivity contribution >= 4 is 5.91 Å². The van der Waals surface area contributed by atoms with E-state index in [1.165, 1.54) is 22.3 Å². The van der Waals surface area contributed by atoms with Gasteiger partial charge >= 0.3 is 0 Å². The molecule has 86 valence electrons. The fraction of sp³-hybridized carbons (Fsp3) is 0.500. The number of carbonyl (C=O) groups excluding carboxylic acids is 1. The van der Waals surface area contributed by atoms with E-state index in [1.54, 1.807) is 0 Å². The number of benzene rings is 1. The summed E-state index contributed by atoms with van der Waals surface area (Å²) in [6.07, 6.45) is 2.54. The second kappa shape index (κ2) is 4.28. The number of nitrogens with one attached hydrogen (secondary N) is 1. The summed E-state index contributed by atoms with van der Waals surface area (Å²) in [5.74, 6) is 0.179. The lowest BCUT2D eigenvalue weighted by Crippen LogP contribution is -2.36. The summed E-state index contributed by atoms with van der Waals surface area (Å²) in [5, 5.41) is 3.09. The summed E-state index contributed by atoms with van der Waals surface area (Å²) < 4.78 is 0. The highest BCUT2D eigenvalue weighted by atomic mass is 16.1. The third-order valence-electron chi connectivity index (χ3n) is 3.20. The van der Waals surface area contributed by atoms with Crippen LogP contribution in [0.1, 0.15) is 48.1 Å². The second-order valence-corrected chi connectivity index (χ2v) is 4.73. The highest BCUT2D eigenvalue weighted by Gasteiger charge is 2.28. The molecule has 2 heteroatoms. The average Bonchev–Trinajstić information content (AvgIpc) is 2.14. The van der Waals surface area contributed by atoms with Crippen molar-refractivity contribution < 1.29 is 4.79 Å². The van der Waals surface area contributed by atoms with Crippen molar-refractivity contribution in [2.24, 2.45) is 0 Å². The maximum absolute atomic E-state index is 11.5. The molecule has 0 radical (unpaired) electrons. The lowest BCUT2D eigenvalue weighted by atomic mass is 9.79. The van der Waals surface area contributed by atoms with Crippen LogP contribution in [0.4, 0.5) is 0 Å². The number of rotatable bonds is 3. The van der Waals surface area contributed by atoms with Crippen molar-refractivity contribution in [2.75, 3.05) is 0 Å². The third kappa shape index (κ3) is 1.97. The zero-order valence-corrected chi connectivity index (χ0v) is 10.3. The van der Waals surface area contributed by atoms with Crippen molar-refractivity contribution in [3.8, 4) is 0 Å². The van der Waals surface area contributed by atoms with E-state index >= 15 is 0 Å². The van der Waals surface area contributed by atoms with Crippen LogP contribution in [-0.4, -0.2) is 5.91 Å². The van der Waals surface area contributed by atoms with E-state index in [9.17, 15) is 4.79 Å². The van der Waals surface area contributed by atoms with Crippen LogP contribution >= 0.6 is 0 Å². The van der Waals surface area contributed by atoms with Gasteiger partial charge in [-0.1, -0.05) is 24.6 Å². The highest BCUT2D eigenvalue weighted by Crippen LogP contribution is 2.36. The van der Waals surface area contributed by atoms with E-state index in [1.807, 2.05) is 6.92 Å². The predicted octanol–water partition coefficient (Wildman–Crippen LogP) is 2.82. The molecule has 0 aromatic heterocycles. The minimum absolute atomic E-state index is 0.179. The minimum atomic E-state index is 0.179. The summed E-state index contributed by atoms with van der Waals surface area (Å²) in [7, 11) is 0. The van der Waals surface area contributed by atoms with Crippen LogP contribution in [0.2, 0.25) is 0 Å². The Hall–Kier alpha value is -1.31. The lowest BCUT2D eigenvalue weighted by Gasteiger charge is -2.33. The van der Waals surface area contributed by atoms with Gasteiger partial charge in [0.05, 0.1) is 6.04 Å². The first-order valence-electron chi connectivity index (χ1n) is 6.01. The first-order valence-corrected chi connectivity index (χ1v) is 6.01. The Kier molecular flexibility index (Phi) is 2.99. The Balaban J connectivity index is 2.10. The molecular formula is C14H19NO. The van der Waals surface area contributed by atoms with Gasteiger partial charge in [0.2, 0.25) is 5.91 Å².